The average molecular weight is 393 g/mol. The maximum absolute atomic E-state index is 10.8. The highest BCUT2D eigenvalue weighted by molar-refractivity contribution is 9.10. The highest BCUT2D eigenvalue weighted by Crippen LogP contribution is 2.15. The molecule has 10 heteroatoms. The van der Waals surface area contributed by atoms with Crippen LogP contribution < -0.4 is 4.90 Å². The van der Waals surface area contributed by atoms with Gasteiger partial charge >= 0.3 is 0 Å². The van der Waals surface area contributed by atoms with Gasteiger partial charge in [-0.2, -0.15) is 8.42 Å². The SMILES string of the molecule is CS(=O)(=O)OCCON=C1CCN(c2ncc(Br)cn2)CC1. The summed E-state index contributed by atoms with van der Waals surface area (Å²) in [5, 5.41) is 4.01. The first kappa shape index (κ1) is 17.1. The van der Waals surface area contributed by atoms with E-state index in [1.165, 1.54) is 0 Å². The summed E-state index contributed by atoms with van der Waals surface area (Å²) < 4.78 is 26.9. The zero-order valence-corrected chi connectivity index (χ0v) is 14.5. The summed E-state index contributed by atoms with van der Waals surface area (Å²) in [7, 11) is -3.42. The normalized spacial score (nSPS) is 15.7. The van der Waals surface area contributed by atoms with Gasteiger partial charge in [0.05, 0.1) is 16.4 Å². The molecule has 0 saturated carbocycles. The highest BCUT2D eigenvalue weighted by Gasteiger charge is 2.17. The number of anilines is 1. The van der Waals surface area contributed by atoms with E-state index in [9.17, 15) is 8.42 Å². The largest absolute Gasteiger partial charge is 0.393 e. The maximum atomic E-state index is 10.8. The minimum absolute atomic E-state index is 0.0333. The van der Waals surface area contributed by atoms with Crippen LogP contribution in [0.3, 0.4) is 0 Å². The second-order valence-electron chi connectivity index (χ2n) is 4.71. The number of aromatic nitrogens is 2. The lowest BCUT2D eigenvalue weighted by Gasteiger charge is -2.27. The average Bonchev–Trinajstić information content (AvgIpc) is 2.47. The minimum Gasteiger partial charge on any atom is -0.393 e. The summed E-state index contributed by atoms with van der Waals surface area (Å²) in [5.41, 5.74) is 0.938. The van der Waals surface area contributed by atoms with Crippen LogP contribution in [0.15, 0.2) is 22.0 Å². The van der Waals surface area contributed by atoms with E-state index in [0.717, 1.165) is 42.4 Å². The zero-order chi connectivity index (χ0) is 16.0. The van der Waals surface area contributed by atoms with E-state index in [4.69, 9.17) is 4.84 Å². The van der Waals surface area contributed by atoms with Gasteiger partial charge in [-0.05, 0) is 15.9 Å². The molecular formula is C12H17BrN4O4S. The Bertz CT molecular complexity index is 611. The molecule has 1 fully saturated rings. The topological polar surface area (TPSA) is 94.0 Å². The maximum Gasteiger partial charge on any atom is 0.264 e. The first-order chi connectivity index (χ1) is 10.4. The molecule has 2 heterocycles. The summed E-state index contributed by atoms with van der Waals surface area (Å²) in [6, 6.07) is 0. The number of hydrogen-bond donors (Lipinski definition) is 0. The minimum atomic E-state index is -3.42. The van der Waals surface area contributed by atoms with E-state index in [-0.39, 0.29) is 13.2 Å². The number of piperidine rings is 1. The van der Waals surface area contributed by atoms with Gasteiger partial charge in [-0.1, -0.05) is 5.16 Å². The lowest BCUT2D eigenvalue weighted by atomic mass is 10.1. The summed E-state index contributed by atoms with van der Waals surface area (Å²) in [5.74, 6) is 0.699. The Balaban J connectivity index is 1.72. The number of oxime groups is 1. The molecule has 122 valence electrons. The molecule has 1 saturated heterocycles. The fourth-order valence-corrected chi connectivity index (χ4v) is 2.46. The summed E-state index contributed by atoms with van der Waals surface area (Å²) in [4.78, 5) is 15.7. The van der Waals surface area contributed by atoms with E-state index < -0.39 is 10.1 Å². The molecule has 1 aromatic rings. The van der Waals surface area contributed by atoms with Gasteiger partial charge in [0.25, 0.3) is 10.1 Å². The van der Waals surface area contributed by atoms with E-state index in [1.54, 1.807) is 12.4 Å². The van der Waals surface area contributed by atoms with Crippen LogP contribution in [0, 0.1) is 0 Å². The van der Waals surface area contributed by atoms with Gasteiger partial charge < -0.3 is 9.74 Å². The number of rotatable bonds is 6. The Kier molecular flexibility index (Phi) is 6.09. The predicted octanol–water partition coefficient (Wildman–Crippen LogP) is 1.19. The van der Waals surface area contributed by atoms with Crippen LogP contribution in [-0.4, -0.2) is 56.7 Å². The molecule has 0 atom stereocenters. The molecule has 2 rings (SSSR count). The van der Waals surface area contributed by atoms with E-state index in [1.807, 2.05) is 0 Å². The van der Waals surface area contributed by atoms with Crippen molar-refractivity contribution in [1.82, 2.24) is 9.97 Å². The smallest absolute Gasteiger partial charge is 0.264 e. The van der Waals surface area contributed by atoms with Crippen molar-refractivity contribution in [2.45, 2.75) is 12.8 Å². The number of nitrogens with zero attached hydrogens (tertiary/aromatic N) is 4. The standard InChI is InChI=1S/C12H17BrN4O4S/c1-22(18,19)21-7-6-20-16-11-2-4-17(5-3-11)12-14-8-10(13)9-15-12/h8-9H,2-7H2,1H3. The van der Waals surface area contributed by atoms with Crippen LogP contribution in [0.25, 0.3) is 0 Å². The Morgan fingerprint density at radius 2 is 1.91 bits per heavy atom. The molecular weight excluding hydrogens is 376 g/mol. The summed E-state index contributed by atoms with van der Waals surface area (Å²) >= 11 is 3.31. The first-order valence-corrected chi connectivity index (χ1v) is 9.29. The Labute approximate surface area is 137 Å². The van der Waals surface area contributed by atoms with Gasteiger partial charge in [0.2, 0.25) is 5.95 Å². The lowest BCUT2D eigenvalue weighted by Crippen LogP contribution is -2.35. The fourth-order valence-electron chi connectivity index (χ4n) is 1.88. The molecule has 1 aliphatic rings. The van der Waals surface area contributed by atoms with Crippen molar-refractivity contribution in [2.24, 2.45) is 5.16 Å². The van der Waals surface area contributed by atoms with Crippen LogP contribution in [0.2, 0.25) is 0 Å². The van der Waals surface area contributed by atoms with Gasteiger partial charge in [-0.15, -0.1) is 0 Å². The van der Waals surface area contributed by atoms with Crippen LogP contribution in [-0.2, 0) is 19.1 Å². The summed E-state index contributed by atoms with van der Waals surface area (Å²) in [6.07, 6.45) is 5.95. The van der Waals surface area contributed by atoms with Crippen molar-refractivity contribution in [3.8, 4) is 0 Å². The van der Waals surface area contributed by atoms with Crippen LogP contribution in [0.5, 0.6) is 0 Å². The molecule has 0 unspecified atom stereocenters. The summed E-state index contributed by atoms with van der Waals surface area (Å²) in [6.45, 7) is 1.61. The van der Waals surface area contributed by atoms with Crippen molar-refractivity contribution in [2.75, 3.05) is 37.5 Å². The quantitative estimate of drug-likeness (QED) is 0.407. The predicted molar refractivity (Wildman–Crippen MR) is 85.4 cm³/mol. The zero-order valence-electron chi connectivity index (χ0n) is 12.1. The molecule has 22 heavy (non-hydrogen) atoms. The van der Waals surface area contributed by atoms with E-state index in [0.29, 0.717) is 5.95 Å². The molecule has 0 aromatic carbocycles. The molecule has 0 radical (unpaired) electrons. The monoisotopic (exact) mass is 392 g/mol. The van der Waals surface area contributed by atoms with Crippen molar-refractivity contribution >= 4 is 37.7 Å². The first-order valence-electron chi connectivity index (χ1n) is 6.68. The molecule has 1 aliphatic heterocycles. The second-order valence-corrected chi connectivity index (χ2v) is 7.26. The van der Waals surface area contributed by atoms with E-state index in [2.05, 4.69) is 40.1 Å². The lowest BCUT2D eigenvalue weighted by molar-refractivity contribution is 0.108. The van der Waals surface area contributed by atoms with Gasteiger partial charge in [0.15, 0.2) is 0 Å². The third kappa shape index (κ3) is 5.85. The third-order valence-electron chi connectivity index (χ3n) is 2.90. The molecule has 1 aromatic heterocycles. The number of halogens is 1. The van der Waals surface area contributed by atoms with Crippen molar-refractivity contribution in [3.05, 3.63) is 16.9 Å². The van der Waals surface area contributed by atoms with Gasteiger partial charge in [-0.25, -0.2) is 9.97 Å². The van der Waals surface area contributed by atoms with Gasteiger partial charge in [0.1, 0.15) is 13.2 Å². The van der Waals surface area contributed by atoms with E-state index >= 15 is 0 Å². The molecule has 0 amide bonds. The van der Waals surface area contributed by atoms with Crippen molar-refractivity contribution < 1.29 is 17.4 Å². The Morgan fingerprint density at radius 1 is 1.27 bits per heavy atom. The molecule has 8 nitrogen and oxygen atoms in total. The molecule has 0 N–H and O–H groups in total. The van der Waals surface area contributed by atoms with Crippen LogP contribution in [0.1, 0.15) is 12.8 Å². The van der Waals surface area contributed by atoms with Gasteiger partial charge in [-0.3, -0.25) is 4.18 Å². The Hall–Kier alpha value is -1.26. The second kappa shape index (κ2) is 7.84. The van der Waals surface area contributed by atoms with Crippen LogP contribution >= 0.6 is 15.9 Å². The van der Waals surface area contributed by atoms with Crippen molar-refractivity contribution in [3.63, 3.8) is 0 Å². The van der Waals surface area contributed by atoms with Gasteiger partial charge in [0, 0.05) is 38.3 Å². The molecule has 0 bridgehead atoms. The van der Waals surface area contributed by atoms with Crippen molar-refractivity contribution in [1.29, 1.82) is 0 Å². The van der Waals surface area contributed by atoms with Crippen LogP contribution in [0.4, 0.5) is 5.95 Å². The third-order valence-corrected chi connectivity index (χ3v) is 3.90. The highest BCUT2D eigenvalue weighted by atomic mass is 79.9. The number of hydrogen-bond acceptors (Lipinski definition) is 8. The molecule has 0 aliphatic carbocycles. The fraction of sp³-hybridized carbons (Fsp3) is 0.583. The Morgan fingerprint density at radius 3 is 2.50 bits per heavy atom. The molecule has 0 spiro atoms.